The fraction of sp³-hybridized carbons (Fsp3) is 0.692. The van der Waals surface area contributed by atoms with E-state index in [1.54, 1.807) is 0 Å². The lowest BCUT2D eigenvalue weighted by Crippen LogP contribution is -2.28. The second-order valence-electron chi connectivity index (χ2n) is 4.64. The zero-order valence-electron chi connectivity index (χ0n) is 10.4. The summed E-state index contributed by atoms with van der Waals surface area (Å²) in [5.41, 5.74) is 0. The van der Waals surface area contributed by atoms with E-state index in [0.29, 0.717) is 0 Å². The summed E-state index contributed by atoms with van der Waals surface area (Å²) < 4.78 is 0. The van der Waals surface area contributed by atoms with Gasteiger partial charge in [0.2, 0.25) is 0 Å². The van der Waals surface area contributed by atoms with Crippen LogP contribution in [0, 0.1) is 19.8 Å². The highest BCUT2D eigenvalue weighted by atomic mass is 32.1. The van der Waals surface area contributed by atoms with E-state index in [2.05, 4.69) is 44.9 Å². The smallest absolute Gasteiger partial charge is 0.00170 e. The molecule has 2 heterocycles. The van der Waals surface area contributed by atoms with Crippen molar-refractivity contribution in [2.45, 2.75) is 33.6 Å². The van der Waals surface area contributed by atoms with Gasteiger partial charge < -0.3 is 4.90 Å². The molecule has 0 spiro atoms. The summed E-state index contributed by atoms with van der Waals surface area (Å²) in [5.74, 6) is 0.978. The van der Waals surface area contributed by atoms with Crippen molar-refractivity contribution in [1.82, 2.24) is 4.90 Å². The Morgan fingerprint density at radius 2 is 1.60 bits per heavy atom. The Morgan fingerprint density at radius 3 is 1.87 bits per heavy atom. The fourth-order valence-corrected chi connectivity index (χ4v) is 2.47. The summed E-state index contributed by atoms with van der Waals surface area (Å²) >= 11 is 1.84. The molecule has 1 aliphatic rings. The average molecular weight is 225 g/mol. The second-order valence-corrected chi connectivity index (χ2v) is 6.13. The first-order chi connectivity index (χ1) is 7.08. The normalized spacial score (nSPS) is 18.4. The Labute approximate surface area is 98.1 Å². The number of piperidine rings is 1. The van der Waals surface area contributed by atoms with Crippen LogP contribution in [0.4, 0.5) is 0 Å². The number of hydrogen-bond donors (Lipinski definition) is 0. The molecule has 0 bridgehead atoms. The number of rotatable bonds is 0. The first-order valence-corrected chi connectivity index (χ1v) is 6.61. The minimum Gasteiger partial charge on any atom is -0.306 e. The maximum atomic E-state index is 2.40. The standard InChI is InChI=1S/C7H15N.C6H8S/c1-7-3-5-8(2)6-4-7;1-5-3-4-6(2)7-5/h7H,3-6H2,1-2H3;3-4H,1-2H3. The molecule has 86 valence electrons. The molecule has 0 atom stereocenters. The van der Waals surface area contributed by atoms with Crippen LogP contribution >= 0.6 is 11.3 Å². The van der Waals surface area contributed by atoms with Crippen LogP contribution in [-0.2, 0) is 0 Å². The molecule has 2 heteroatoms. The van der Waals surface area contributed by atoms with Crippen LogP contribution in [0.5, 0.6) is 0 Å². The highest BCUT2D eigenvalue weighted by Crippen LogP contribution is 2.13. The van der Waals surface area contributed by atoms with Gasteiger partial charge in [-0.2, -0.15) is 0 Å². The van der Waals surface area contributed by atoms with Crippen molar-refractivity contribution >= 4 is 11.3 Å². The average Bonchev–Trinajstić information content (AvgIpc) is 2.56. The molecule has 1 aromatic rings. The molecule has 1 nitrogen and oxygen atoms in total. The highest BCUT2D eigenvalue weighted by molar-refractivity contribution is 7.11. The number of nitrogens with zero attached hydrogens (tertiary/aromatic N) is 1. The molecular formula is C13H23NS. The third-order valence-electron chi connectivity index (χ3n) is 2.88. The summed E-state index contributed by atoms with van der Waals surface area (Å²) in [6.45, 7) is 9.20. The van der Waals surface area contributed by atoms with Crippen LogP contribution < -0.4 is 0 Å². The molecule has 0 saturated carbocycles. The lowest BCUT2D eigenvalue weighted by molar-refractivity contribution is 0.230. The fourth-order valence-electron chi connectivity index (χ4n) is 1.69. The van der Waals surface area contributed by atoms with Gasteiger partial charge in [-0.15, -0.1) is 11.3 Å². The van der Waals surface area contributed by atoms with E-state index in [1.165, 1.54) is 35.7 Å². The molecule has 0 N–H and O–H groups in total. The van der Waals surface area contributed by atoms with Crippen LogP contribution in [0.15, 0.2) is 12.1 Å². The van der Waals surface area contributed by atoms with Crippen molar-refractivity contribution in [2.75, 3.05) is 20.1 Å². The van der Waals surface area contributed by atoms with Gasteiger partial charge in [-0.1, -0.05) is 6.92 Å². The predicted octanol–water partition coefficient (Wildman–Crippen LogP) is 3.71. The van der Waals surface area contributed by atoms with E-state index in [-0.39, 0.29) is 0 Å². The van der Waals surface area contributed by atoms with Gasteiger partial charge in [0, 0.05) is 9.75 Å². The third kappa shape index (κ3) is 5.33. The minimum absolute atomic E-state index is 0.978. The van der Waals surface area contributed by atoms with E-state index in [1.807, 2.05) is 11.3 Å². The molecule has 0 aliphatic carbocycles. The van der Waals surface area contributed by atoms with E-state index < -0.39 is 0 Å². The molecule has 1 fully saturated rings. The van der Waals surface area contributed by atoms with Gasteiger partial charge in [-0.25, -0.2) is 0 Å². The van der Waals surface area contributed by atoms with Gasteiger partial charge in [0.25, 0.3) is 0 Å². The van der Waals surface area contributed by atoms with E-state index in [9.17, 15) is 0 Å². The topological polar surface area (TPSA) is 3.24 Å². The number of thiophene rings is 1. The Balaban J connectivity index is 0.000000151. The van der Waals surface area contributed by atoms with E-state index >= 15 is 0 Å². The van der Waals surface area contributed by atoms with Crippen molar-refractivity contribution in [1.29, 1.82) is 0 Å². The highest BCUT2D eigenvalue weighted by Gasteiger charge is 2.10. The molecular weight excluding hydrogens is 202 g/mol. The molecule has 1 saturated heterocycles. The lowest BCUT2D eigenvalue weighted by atomic mass is 10.00. The first kappa shape index (κ1) is 12.7. The van der Waals surface area contributed by atoms with Crippen LogP contribution in [0.2, 0.25) is 0 Å². The zero-order chi connectivity index (χ0) is 11.3. The molecule has 1 aromatic heterocycles. The van der Waals surface area contributed by atoms with Crippen LogP contribution in [0.3, 0.4) is 0 Å². The van der Waals surface area contributed by atoms with Crippen molar-refractivity contribution in [2.24, 2.45) is 5.92 Å². The Morgan fingerprint density at radius 1 is 1.13 bits per heavy atom. The van der Waals surface area contributed by atoms with Gasteiger partial charge in [-0.3, -0.25) is 0 Å². The molecule has 0 amide bonds. The Bertz CT molecular complexity index is 245. The zero-order valence-corrected chi connectivity index (χ0v) is 11.2. The van der Waals surface area contributed by atoms with Crippen molar-refractivity contribution < 1.29 is 0 Å². The third-order valence-corrected chi connectivity index (χ3v) is 3.80. The number of likely N-dealkylation sites (tertiary alicyclic amines) is 1. The molecule has 2 rings (SSSR count). The summed E-state index contributed by atoms with van der Waals surface area (Å²) in [4.78, 5) is 5.20. The van der Waals surface area contributed by atoms with Gasteiger partial charge in [-0.05, 0) is 64.9 Å². The Hall–Kier alpha value is -0.340. The summed E-state index contributed by atoms with van der Waals surface area (Å²) in [7, 11) is 2.20. The summed E-state index contributed by atoms with van der Waals surface area (Å²) in [6, 6.07) is 4.28. The van der Waals surface area contributed by atoms with Gasteiger partial charge >= 0.3 is 0 Å². The summed E-state index contributed by atoms with van der Waals surface area (Å²) in [5, 5.41) is 0. The van der Waals surface area contributed by atoms with Crippen molar-refractivity contribution in [3.63, 3.8) is 0 Å². The maximum Gasteiger partial charge on any atom is 0.00170 e. The van der Waals surface area contributed by atoms with E-state index in [4.69, 9.17) is 0 Å². The number of hydrogen-bond acceptors (Lipinski definition) is 2. The van der Waals surface area contributed by atoms with Gasteiger partial charge in [0.05, 0.1) is 0 Å². The SMILES string of the molecule is CC1CCN(C)CC1.Cc1ccc(C)s1. The van der Waals surface area contributed by atoms with Crippen LogP contribution in [0.25, 0.3) is 0 Å². The molecule has 15 heavy (non-hydrogen) atoms. The Kier molecular flexibility index (Phi) is 5.34. The monoisotopic (exact) mass is 225 g/mol. The lowest BCUT2D eigenvalue weighted by Gasteiger charge is -2.26. The minimum atomic E-state index is 0.978. The number of aryl methyl sites for hydroxylation is 2. The maximum absolute atomic E-state index is 2.40. The second kappa shape index (κ2) is 6.29. The van der Waals surface area contributed by atoms with Crippen LogP contribution in [0.1, 0.15) is 29.5 Å². The van der Waals surface area contributed by atoms with E-state index in [0.717, 1.165) is 5.92 Å². The predicted molar refractivity (Wildman–Crippen MR) is 69.7 cm³/mol. The largest absolute Gasteiger partial charge is 0.306 e. The molecule has 0 radical (unpaired) electrons. The quantitative estimate of drug-likeness (QED) is 0.650. The molecule has 0 unspecified atom stereocenters. The van der Waals surface area contributed by atoms with Crippen molar-refractivity contribution in [3.8, 4) is 0 Å². The van der Waals surface area contributed by atoms with Gasteiger partial charge in [0.15, 0.2) is 0 Å². The van der Waals surface area contributed by atoms with Gasteiger partial charge in [0.1, 0.15) is 0 Å². The first-order valence-electron chi connectivity index (χ1n) is 5.79. The molecule has 0 aromatic carbocycles. The van der Waals surface area contributed by atoms with Crippen molar-refractivity contribution in [3.05, 3.63) is 21.9 Å². The summed E-state index contributed by atoms with van der Waals surface area (Å²) in [6.07, 6.45) is 2.80. The van der Waals surface area contributed by atoms with Crippen LogP contribution in [-0.4, -0.2) is 25.0 Å². The molecule has 1 aliphatic heterocycles.